The lowest BCUT2D eigenvalue weighted by atomic mass is 9.42. The Hall–Kier alpha value is -4.24. The molecule has 78 heavy (non-hydrogen) atoms. The van der Waals surface area contributed by atoms with Gasteiger partial charge in [0.15, 0.2) is 6.71 Å². The first kappa shape index (κ1) is 63.0. The van der Waals surface area contributed by atoms with Crippen molar-refractivity contribution in [2.45, 2.75) is 203 Å². The molecule has 15 heteroatoms. The normalized spacial score (nSPS) is 34.0. The van der Waals surface area contributed by atoms with Crippen LogP contribution in [0.3, 0.4) is 0 Å². The molecule has 5 fully saturated rings. The van der Waals surface area contributed by atoms with Crippen LogP contribution >= 0.6 is 0 Å². The summed E-state index contributed by atoms with van der Waals surface area (Å²) < 4.78 is 82.5. The van der Waals surface area contributed by atoms with Gasteiger partial charge in [-0.25, -0.2) is 0 Å². The Balaban J connectivity index is 0.000000193. The zero-order valence-corrected chi connectivity index (χ0v) is 47.3. The van der Waals surface area contributed by atoms with Crippen LogP contribution in [-0.2, 0) is 38.1 Å². The van der Waals surface area contributed by atoms with E-state index < -0.39 is 21.0 Å². The predicted octanol–water partition coefficient (Wildman–Crippen LogP) is 15.1. The third-order valence-electron chi connectivity index (χ3n) is 20.3. The Morgan fingerprint density at radius 3 is 1.60 bits per heavy atom. The average molecular weight is 1110 g/mol. The van der Waals surface area contributed by atoms with Crippen LogP contribution in [0.15, 0.2) is 90.3 Å². The number of aromatic nitrogens is 2. The van der Waals surface area contributed by atoms with E-state index in [0.717, 1.165) is 82.3 Å². The average Bonchev–Trinajstić information content (AvgIpc) is 4.19. The number of carbonyl (C=O) groups is 2. The number of nitrogens with zero attached hydrogens (tertiary/aromatic N) is 2. The minimum Gasteiger partial charge on any atom is -0.462 e. The first-order valence-electron chi connectivity index (χ1n) is 28.6. The number of pyridine rings is 2. The summed E-state index contributed by atoms with van der Waals surface area (Å²) in [6.45, 7) is 19.2. The molecule has 12 atom stereocenters. The van der Waals surface area contributed by atoms with Crippen LogP contribution in [0.4, 0.5) is 13.2 Å². The van der Waals surface area contributed by atoms with Crippen molar-refractivity contribution < 1.29 is 49.6 Å². The molecule has 0 radical (unpaired) electrons. The molecule has 4 saturated carbocycles. The van der Waals surface area contributed by atoms with Gasteiger partial charge in [-0.2, -0.15) is 21.6 Å². The number of carbonyl (C=O) groups excluding carboxylic acids is 2. The highest BCUT2D eigenvalue weighted by Crippen LogP contribution is 2.68. The van der Waals surface area contributed by atoms with E-state index in [1.807, 2.05) is 37.8 Å². The van der Waals surface area contributed by atoms with Gasteiger partial charge in [0.25, 0.3) is 0 Å². The van der Waals surface area contributed by atoms with Gasteiger partial charge in [0, 0.05) is 70.1 Å². The molecule has 0 amide bonds. The maximum absolute atomic E-state index is 12.9. The summed E-state index contributed by atoms with van der Waals surface area (Å²) >= 11 is 0. The number of hydrogen-bond donors (Lipinski definition) is 0. The number of esters is 2. The molecule has 0 N–H and O–H groups in total. The Bertz CT molecular complexity index is 2600. The third kappa shape index (κ3) is 12.9. The van der Waals surface area contributed by atoms with Crippen LogP contribution in [0.1, 0.15) is 179 Å². The van der Waals surface area contributed by atoms with Crippen molar-refractivity contribution >= 4 is 39.8 Å². The second-order valence-electron chi connectivity index (χ2n) is 24.4. The maximum atomic E-state index is 12.9. The fourth-order valence-electron chi connectivity index (χ4n) is 16.2. The highest BCUT2D eigenvalue weighted by atomic mass is 32.2. The quantitative estimate of drug-likeness (QED) is 0.0828. The summed E-state index contributed by atoms with van der Waals surface area (Å²) in [5.41, 5.74) is 1.50. The lowest BCUT2D eigenvalue weighted by molar-refractivity contribution is -0.149. The standard InChI is InChI=1S/C26H33NO2.C22H29F3O5S.C9H14BN.C4H8O.2CH4/c1-17(28)29-20-10-12-25(2)19(15-20)6-7-21-23-9-8-22(18-5-4-14-27-16-18)26(23,3)13-11-24(21)25;1-13(26)29-15-8-10-20(2)14(12-15)4-5-16-17-6-7-19(21(17,3)11-9-18(16)20)30-31(27,28)22(23,24)25;1-3-10(4-2)9-6-5-7-11-8-9;1-2-4-5-3-1;;/h4-6,8,14,16,20-21,23-24H,7,9-13,15H2,1-3H3;4,7,15-18H,5-6,8-12H2,1-3H3;5-8H,3-4H2,1-2H3;1-4H2;2*1H4/t20-,21?,23?,24?,25-,26+;15-,16?,17?,18?,20-,21-;;;;/m00..../s1. The van der Waals surface area contributed by atoms with Crippen molar-refractivity contribution in [1.29, 1.82) is 0 Å². The van der Waals surface area contributed by atoms with E-state index in [1.165, 1.54) is 87.2 Å². The van der Waals surface area contributed by atoms with E-state index in [2.05, 4.69) is 85.2 Å². The first-order chi connectivity index (χ1) is 36.1. The molecule has 0 spiro atoms. The molecule has 3 heterocycles. The van der Waals surface area contributed by atoms with Crippen molar-refractivity contribution in [3.8, 4) is 0 Å². The number of hydrogen-bond acceptors (Lipinski definition) is 10. The van der Waals surface area contributed by atoms with Crippen LogP contribution < -0.4 is 5.46 Å². The van der Waals surface area contributed by atoms with E-state index in [4.69, 9.17) is 14.2 Å². The SMILES string of the molecule is C.C.C1CCOC1.CC(=O)O[C@H]1CC[C@@]2(C)C(=CCC3C2CC[C@]2(C)C(OS(=O)(=O)C(F)(F)F)=CCC32)C1.CC(=O)O[C@H]1CC[C@@]2(C)C(=CCC3C2CC[C@]2(C)C(c4cccnc4)=CCC32)C1.CCB(CC)c1cccnc1. The van der Waals surface area contributed by atoms with Gasteiger partial charge in [0.05, 0.1) is 0 Å². The Kier molecular flexibility index (Phi) is 20.7. The minimum absolute atomic E-state index is 0. The van der Waals surface area contributed by atoms with E-state index in [9.17, 15) is 31.2 Å². The molecule has 0 aromatic carbocycles. The molecule has 11 rings (SSSR count). The number of allylic oxidation sites excluding steroid dienone is 6. The molecule has 10 nitrogen and oxygen atoms in total. The lowest BCUT2D eigenvalue weighted by Gasteiger charge is -2.57. The van der Waals surface area contributed by atoms with Crippen molar-refractivity contribution in [1.82, 2.24) is 9.97 Å². The smallest absolute Gasteiger partial charge is 0.462 e. The third-order valence-corrected chi connectivity index (χ3v) is 21.3. The van der Waals surface area contributed by atoms with Gasteiger partial charge in [-0.1, -0.05) is 116 Å². The maximum Gasteiger partial charge on any atom is 0.534 e. The monoisotopic (exact) mass is 1100 g/mol. The minimum atomic E-state index is -5.67. The van der Waals surface area contributed by atoms with Crippen molar-refractivity contribution in [2.24, 2.45) is 57.2 Å². The summed E-state index contributed by atoms with van der Waals surface area (Å²) in [5, 5.41) is 0. The van der Waals surface area contributed by atoms with Crippen molar-refractivity contribution in [3.63, 3.8) is 0 Å². The van der Waals surface area contributed by atoms with Crippen LogP contribution in [0, 0.1) is 57.2 Å². The summed E-state index contributed by atoms with van der Waals surface area (Å²) in [5.74, 6) is 2.48. The van der Waals surface area contributed by atoms with Crippen LogP contribution in [-0.4, -0.2) is 68.0 Å². The van der Waals surface area contributed by atoms with E-state index in [-0.39, 0.29) is 72.8 Å². The first-order valence-corrected chi connectivity index (χ1v) is 30.0. The summed E-state index contributed by atoms with van der Waals surface area (Å²) in [4.78, 5) is 31.3. The van der Waals surface area contributed by atoms with Crippen LogP contribution in [0.2, 0.25) is 12.6 Å². The number of fused-ring (bicyclic) bond motifs is 10. The Morgan fingerprint density at radius 1 is 0.667 bits per heavy atom. The zero-order chi connectivity index (χ0) is 54.7. The number of rotatable bonds is 8. The predicted molar refractivity (Wildman–Crippen MR) is 306 cm³/mol. The fourth-order valence-corrected chi connectivity index (χ4v) is 16.8. The molecule has 432 valence electrons. The Morgan fingerprint density at radius 2 is 1.15 bits per heavy atom. The molecule has 9 aliphatic rings. The molecule has 6 unspecified atom stereocenters. The fraction of sp³-hybridized carbons (Fsp3) is 0.683. The van der Waals surface area contributed by atoms with Crippen molar-refractivity contribution in [3.05, 3.63) is 95.8 Å². The topological polar surface area (TPSA) is 131 Å². The van der Waals surface area contributed by atoms with Crippen LogP contribution in [0.25, 0.3) is 5.57 Å². The highest BCUT2D eigenvalue weighted by molar-refractivity contribution is 7.87. The van der Waals surface area contributed by atoms with Crippen LogP contribution in [0.5, 0.6) is 0 Å². The Labute approximate surface area is 466 Å². The van der Waals surface area contributed by atoms with Crippen molar-refractivity contribution in [2.75, 3.05) is 13.2 Å². The van der Waals surface area contributed by atoms with E-state index >= 15 is 0 Å². The second kappa shape index (κ2) is 25.7. The molecule has 8 aliphatic carbocycles. The molecular weight excluding hydrogens is 1010 g/mol. The molecule has 2 aromatic rings. The molecule has 2 aromatic heterocycles. The zero-order valence-electron chi connectivity index (χ0n) is 46.5. The summed E-state index contributed by atoms with van der Waals surface area (Å²) in [6.07, 6.45) is 34.8. The second-order valence-corrected chi connectivity index (χ2v) is 25.9. The molecule has 1 saturated heterocycles. The highest BCUT2D eigenvalue weighted by Gasteiger charge is 2.60. The van der Waals surface area contributed by atoms with Gasteiger partial charge in [-0.05, 0) is 171 Å². The van der Waals surface area contributed by atoms with Gasteiger partial charge < -0.3 is 18.4 Å². The van der Waals surface area contributed by atoms with Gasteiger partial charge in [0.2, 0.25) is 0 Å². The lowest BCUT2D eigenvalue weighted by Crippen LogP contribution is -2.50. The summed E-state index contributed by atoms with van der Waals surface area (Å²) in [7, 11) is -5.67. The number of halogens is 3. The molecule has 0 bridgehead atoms. The largest absolute Gasteiger partial charge is 0.534 e. The van der Waals surface area contributed by atoms with Gasteiger partial charge in [-0.3, -0.25) is 19.6 Å². The molecule has 1 aliphatic heterocycles. The van der Waals surface area contributed by atoms with Gasteiger partial charge >= 0.3 is 27.6 Å². The van der Waals surface area contributed by atoms with Gasteiger partial charge in [0.1, 0.15) is 18.0 Å². The number of ether oxygens (including phenoxy) is 3. The van der Waals surface area contributed by atoms with E-state index in [1.54, 1.807) is 11.6 Å². The van der Waals surface area contributed by atoms with E-state index in [0.29, 0.717) is 25.5 Å². The summed E-state index contributed by atoms with van der Waals surface area (Å²) in [6, 6.07) is 8.46. The van der Waals surface area contributed by atoms with Gasteiger partial charge in [-0.15, -0.1) is 0 Å². The number of alkyl halides is 3. The molecular formula is C63H92BF3N2O8S.